The summed E-state index contributed by atoms with van der Waals surface area (Å²) in [6.45, 7) is 10.1. The number of rotatable bonds is 5. The summed E-state index contributed by atoms with van der Waals surface area (Å²) in [5.41, 5.74) is 3.67. The molecule has 0 rings (SSSR count). The lowest BCUT2D eigenvalue weighted by atomic mass is 10.1. The molecule has 0 fully saturated rings. The summed E-state index contributed by atoms with van der Waals surface area (Å²) in [6.07, 6.45) is 9.26. The molecule has 0 aliphatic rings. The first kappa shape index (κ1) is 12.8. The largest absolute Gasteiger partial charge is 0.388 e. The van der Waals surface area contributed by atoms with Crippen LogP contribution in [0.5, 0.6) is 0 Å². The molecule has 14 heavy (non-hydrogen) atoms. The fraction of sp³-hybridized carbons (Fsp3) is 0.385. The second kappa shape index (κ2) is 7.19. The summed E-state index contributed by atoms with van der Waals surface area (Å²) < 4.78 is 0. The van der Waals surface area contributed by atoms with Crippen molar-refractivity contribution in [2.24, 2.45) is 0 Å². The molecule has 0 heterocycles. The van der Waals surface area contributed by atoms with E-state index in [0.29, 0.717) is 0 Å². The molecule has 0 aliphatic carbocycles. The maximum Gasteiger partial charge on any atom is 0.0331 e. The van der Waals surface area contributed by atoms with E-state index >= 15 is 0 Å². The van der Waals surface area contributed by atoms with Gasteiger partial charge in [0.2, 0.25) is 0 Å². The highest BCUT2D eigenvalue weighted by molar-refractivity contribution is 5.32. The van der Waals surface area contributed by atoms with Crippen LogP contribution < -0.4 is 5.32 Å². The van der Waals surface area contributed by atoms with Crippen LogP contribution in [0.25, 0.3) is 0 Å². The van der Waals surface area contributed by atoms with Gasteiger partial charge in [0, 0.05) is 12.7 Å². The number of hydrogen-bond acceptors (Lipinski definition) is 1. The maximum absolute atomic E-state index is 3.72. The summed E-state index contributed by atoms with van der Waals surface area (Å²) in [5, 5.41) is 3.06. The lowest BCUT2D eigenvalue weighted by molar-refractivity contribution is 1.03. The second-order valence-electron chi connectivity index (χ2n) is 3.22. The van der Waals surface area contributed by atoms with E-state index in [1.807, 2.05) is 19.2 Å². The molecule has 0 unspecified atom stereocenters. The van der Waals surface area contributed by atoms with Crippen LogP contribution >= 0.6 is 0 Å². The third kappa shape index (κ3) is 4.70. The van der Waals surface area contributed by atoms with Crippen LogP contribution in [0.1, 0.15) is 27.2 Å². The number of allylic oxidation sites excluding steroid dienone is 6. The highest BCUT2D eigenvalue weighted by atomic mass is 14.8. The summed E-state index contributed by atoms with van der Waals surface area (Å²) in [6, 6.07) is 0. The Labute approximate surface area is 87.9 Å². The predicted molar refractivity (Wildman–Crippen MR) is 65.1 cm³/mol. The van der Waals surface area contributed by atoms with Crippen LogP contribution in [-0.4, -0.2) is 7.05 Å². The molecule has 0 aromatic rings. The summed E-state index contributed by atoms with van der Waals surface area (Å²) in [4.78, 5) is 0. The molecular weight excluding hydrogens is 170 g/mol. The standard InChI is InChI=1S/C13H21N/c1-6-8-11(3)12(4)9-10-13(7-2)14-5/h7-10,14H,2,6H2,1,3-5H3/b11-8-,12-9+,13-10-. The Morgan fingerprint density at radius 3 is 2.29 bits per heavy atom. The van der Waals surface area contributed by atoms with Gasteiger partial charge in [0.05, 0.1) is 0 Å². The van der Waals surface area contributed by atoms with Crippen molar-refractivity contribution in [1.82, 2.24) is 5.32 Å². The van der Waals surface area contributed by atoms with Crippen molar-refractivity contribution < 1.29 is 0 Å². The van der Waals surface area contributed by atoms with Crippen molar-refractivity contribution in [3.05, 3.63) is 47.7 Å². The first-order valence-electron chi connectivity index (χ1n) is 5.01. The Morgan fingerprint density at radius 1 is 1.21 bits per heavy atom. The molecule has 1 nitrogen and oxygen atoms in total. The number of likely N-dealkylation sites (N-methyl/N-ethyl adjacent to an activating group) is 1. The zero-order chi connectivity index (χ0) is 11.0. The Kier molecular flexibility index (Phi) is 6.55. The van der Waals surface area contributed by atoms with Gasteiger partial charge in [0.15, 0.2) is 0 Å². The molecular formula is C13H21N. The smallest absolute Gasteiger partial charge is 0.0331 e. The van der Waals surface area contributed by atoms with E-state index in [-0.39, 0.29) is 0 Å². The monoisotopic (exact) mass is 191 g/mol. The van der Waals surface area contributed by atoms with E-state index in [9.17, 15) is 0 Å². The topological polar surface area (TPSA) is 12.0 Å². The van der Waals surface area contributed by atoms with Crippen molar-refractivity contribution in [3.63, 3.8) is 0 Å². The summed E-state index contributed by atoms with van der Waals surface area (Å²) in [5.74, 6) is 0. The van der Waals surface area contributed by atoms with Gasteiger partial charge < -0.3 is 5.32 Å². The minimum absolute atomic E-state index is 1.04. The van der Waals surface area contributed by atoms with E-state index in [1.54, 1.807) is 0 Å². The third-order valence-electron chi connectivity index (χ3n) is 2.15. The summed E-state index contributed by atoms with van der Waals surface area (Å²) in [7, 11) is 1.89. The average Bonchev–Trinajstić information content (AvgIpc) is 2.19. The van der Waals surface area contributed by atoms with Gasteiger partial charge in [-0.2, -0.15) is 0 Å². The number of hydrogen-bond donors (Lipinski definition) is 1. The average molecular weight is 191 g/mol. The molecule has 0 spiro atoms. The Hall–Kier alpha value is -1.24. The van der Waals surface area contributed by atoms with Gasteiger partial charge in [0.1, 0.15) is 0 Å². The quantitative estimate of drug-likeness (QED) is 0.655. The highest BCUT2D eigenvalue weighted by Crippen LogP contribution is 2.09. The van der Waals surface area contributed by atoms with Gasteiger partial charge in [-0.25, -0.2) is 0 Å². The van der Waals surface area contributed by atoms with Crippen LogP contribution in [-0.2, 0) is 0 Å². The highest BCUT2D eigenvalue weighted by Gasteiger charge is 1.90. The van der Waals surface area contributed by atoms with E-state index in [0.717, 1.165) is 12.1 Å². The molecule has 1 heteroatoms. The van der Waals surface area contributed by atoms with Crippen molar-refractivity contribution in [3.8, 4) is 0 Å². The van der Waals surface area contributed by atoms with Crippen LogP contribution in [0, 0.1) is 0 Å². The molecule has 1 N–H and O–H groups in total. The lowest BCUT2D eigenvalue weighted by Crippen LogP contribution is -2.01. The van der Waals surface area contributed by atoms with Crippen LogP contribution in [0.3, 0.4) is 0 Å². The Balaban J connectivity index is 4.59. The number of nitrogens with one attached hydrogen (secondary N) is 1. The zero-order valence-electron chi connectivity index (χ0n) is 9.72. The van der Waals surface area contributed by atoms with Gasteiger partial charge in [0.25, 0.3) is 0 Å². The molecule has 0 aromatic carbocycles. The first-order chi connectivity index (χ1) is 6.65. The van der Waals surface area contributed by atoms with E-state index in [4.69, 9.17) is 0 Å². The van der Waals surface area contributed by atoms with Gasteiger partial charge >= 0.3 is 0 Å². The van der Waals surface area contributed by atoms with Gasteiger partial charge in [-0.05, 0) is 38.0 Å². The van der Waals surface area contributed by atoms with Crippen molar-refractivity contribution in [1.29, 1.82) is 0 Å². The van der Waals surface area contributed by atoms with Gasteiger partial charge in [-0.1, -0.05) is 31.2 Å². The van der Waals surface area contributed by atoms with Crippen molar-refractivity contribution in [2.75, 3.05) is 7.05 Å². The van der Waals surface area contributed by atoms with E-state index < -0.39 is 0 Å². The second-order valence-corrected chi connectivity index (χ2v) is 3.22. The van der Waals surface area contributed by atoms with Crippen molar-refractivity contribution >= 4 is 0 Å². The Bertz CT molecular complexity index is 267. The fourth-order valence-electron chi connectivity index (χ4n) is 1.07. The van der Waals surface area contributed by atoms with Crippen LogP contribution in [0.4, 0.5) is 0 Å². The van der Waals surface area contributed by atoms with Gasteiger partial charge in [-0.3, -0.25) is 0 Å². The molecule has 0 aliphatic heterocycles. The molecule has 0 amide bonds. The van der Waals surface area contributed by atoms with Crippen molar-refractivity contribution in [2.45, 2.75) is 27.2 Å². The van der Waals surface area contributed by atoms with Crippen LogP contribution in [0.15, 0.2) is 47.7 Å². The zero-order valence-corrected chi connectivity index (χ0v) is 9.72. The first-order valence-corrected chi connectivity index (χ1v) is 5.01. The molecule has 0 atom stereocenters. The molecule has 78 valence electrons. The van der Waals surface area contributed by atoms with Crippen LogP contribution in [0.2, 0.25) is 0 Å². The summed E-state index contributed by atoms with van der Waals surface area (Å²) >= 11 is 0. The third-order valence-corrected chi connectivity index (χ3v) is 2.15. The maximum atomic E-state index is 3.72. The molecule has 0 saturated carbocycles. The molecule has 0 aromatic heterocycles. The molecule has 0 bridgehead atoms. The molecule has 0 radical (unpaired) electrons. The predicted octanol–water partition coefficient (Wildman–Crippen LogP) is 3.58. The van der Waals surface area contributed by atoms with Gasteiger partial charge in [-0.15, -0.1) is 0 Å². The SMILES string of the molecule is C=C/C(=C/C=C(C)/C(C)=C\CC)NC. The minimum Gasteiger partial charge on any atom is -0.388 e. The lowest BCUT2D eigenvalue weighted by Gasteiger charge is -2.01. The molecule has 0 saturated heterocycles. The van der Waals surface area contributed by atoms with E-state index in [2.05, 4.69) is 44.8 Å². The fourth-order valence-corrected chi connectivity index (χ4v) is 1.07. The minimum atomic E-state index is 1.04. The normalized spacial score (nSPS) is 14.1. The Morgan fingerprint density at radius 2 is 1.86 bits per heavy atom. The van der Waals surface area contributed by atoms with E-state index in [1.165, 1.54) is 11.1 Å².